The third kappa shape index (κ3) is 3.04. The zero-order chi connectivity index (χ0) is 15.4. The van der Waals surface area contributed by atoms with Crippen molar-refractivity contribution in [1.82, 2.24) is 5.32 Å². The zero-order valence-corrected chi connectivity index (χ0v) is 12.0. The molecular weight excluding hydrogens is 274 g/mol. The molecule has 0 saturated carbocycles. The van der Waals surface area contributed by atoms with E-state index in [9.17, 15) is 9.59 Å². The Kier molecular flexibility index (Phi) is 3.97. The molecule has 0 fully saturated rings. The first-order valence-corrected chi connectivity index (χ1v) is 7.11. The van der Waals surface area contributed by atoms with Crippen LogP contribution in [0.2, 0.25) is 0 Å². The fourth-order valence-electron chi connectivity index (χ4n) is 2.29. The molecular formula is C19H15NO2. The van der Waals surface area contributed by atoms with Gasteiger partial charge < -0.3 is 5.32 Å². The molecule has 3 rings (SSSR count). The molecule has 0 bridgehead atoms. The second kappa shape index (κ2) is 6.22. The number of nitrogens with one attached hydrogen (secondary N) is 1. The summed E-state index contributed by atoms with van der Waals surface area (Å²) in [5.74, 6) is -0.341. The smallest absolute Gasteiger partial charge is 0.255 e. The second-order valence-corrected chi connectivity index (χ2v) is 5.03. The van der Waals surface area contributed by atoms with Crippen molar-refractivity contribution in [3.05, 3.63) is 84.1 Å². The number of Topliss-reactive ketones (excluding diaryl/α,β-unsaturated/α-hetero) is 1. The van der Waals surface area contributed by atoms with Crippen LogP contribution in [0.3, 0.4) is 0 Å². The minimum absolute atomic E-state index is 0.0724. The van der Waals surface area contributed by atoms with Gasteiger partial charge >= 0.3 is 0 Å². The van der Waals surface area contributed by atoms with Crippen LogP contribution in [0.1, 0.15) is 16.8 Å². The van der Waals surface area contributed by atoms with Gasteiger partial charge in [0, 0.05) is 12.0 Å². The van der Waals surface area contributed by atoms with Crippen molar-refractivity contribution in [2.45, 2.75) is 6.42 Å². The molecule has 0 radical (unpaired) electrons. The standard InChI is InChI=1S/C19H15NO2/c21-18-9-5-4-8-17(18)20-19(22)16-12-10-15(11-13-16)14-6-2-1-3-7-14/h1-8,10-13H,9H2,(H,20,22). The molecule has 0 atom stereocenters. The molecule has 22 heavy (non-hydrogen) atoms. The number of ketones is 1. The predicted molar refractivity (Wildman–Crippen MR) is 86.2 cm³/mol. The number of carbonyl (C=O) groups excluding carboxylic acids is 2. The first kappa shape index (κ1) is 14.0. The van der Waals surface area contributed by atoms with E-state index >= 15 is 0 Å². The summed E-state index contributed by atoms with van der Waals surface area (Å²) in [6.45, 7) is 0. The molecule has 2 aromatic carbocycles. The Morgan fingerprint density at radius 3 is 2.27 bits per heavy atom. The van der Waals surface area contributed by atoms with E-state index in [0.29, 0.717) is 17.7 Å². The number of rotatable bonds is 3. The molecule has 2 aromatic rings. The molecule has 0 aliphatic heterocycles. The Morgan fingerprint density at radius 1 is 0.909 bits per heavy atom. The molecule has 0 heterocycles. The second-order valence-electron chi connectivity index (χ2n) is 5.03. The predicted octanol–water partition coefficient (Wildman–Crippen LogP) is 3.50. The lowest BCUT2D eigenvalue weighted by Gasteiger charge is -2.10. The normalized spacial score (nSPS) is 13.6. The molecule has 0 unspecified atom stereocenters. The van der Waals surface area contributed by atoms with Gasteiger partial charge in [-0.1, -0.05) is 54.6 Å². The fraction of sp³-hybridized carbons (Fsp3) is 0.0526. The third-order valence-corrected chi connectivity index (χ3v) is 3.51. The quantitative estimate of drug-likeness (QED) is 0.940. The average Bonchev–Trinajstić information content (AvgIpc) is 2.58. The van der Waals surface area contributed by atoms with Gasteiger partial charge in [-0.05, 0) is 29.3 Å². The molecule has 108 valence electrons. The van der Waals surface area contributed by atoms with Crippen LogP contribution in [0.25, 0.3) is 11.1 Å². The molecule has 1 N–H and O–H groups in total. The van der Waals surface area contributed by atoms with Crippen molar-refractivity contribution in [3.63, 3.8) is 0 Å². The van der Waals surface area contributed by atoms with Crippen molar-refractivity contribution in [3.8, 4) is 11.1 Å². The fourth-order valence-corrected chi connectivity index (χ4v) is 2.29. The minimum atomic E-state index is -0.269. The number of benzene rings is 2. The van der Waals surface area contributed by atoms with Gasteiger partial charge in [0.15, 0.2) is 5.78 Å². The first-order valence-electron chi connectivity index (χ1n) is 7.11. The Morgan fingerprint density at radius 2 is 1.59 bits per heavy atom. The van der Waals surface area contributed by atoms with E-state index in [2.05, 4.69) is 5.32 Å². The highest BCUT2D eigenvalue weighted by atomic mass is 16.2. The van der Waals surface area contributed by atoms with Crippen molar-refractivity contribution >= 4 is 11.7 Å². The Bertz CT molecular complexity index is 756. The summed E-state index contributed by atoms with van der Waals surface area (Å²) in [5, 5.41) is 2.67. The molecule has 3 nitrogen and oxygen atoms in total. The SMILES string of the molecule is O=C1CC=CC=C1NC(=O)c1ccc(-c2ccccc2)cc1. The van der Waals surface area contributed by atoms with Crippen LogP contribution in [0.15, 0.2) is 78.5 Å². The zero-order valence-electron chi connectivity index (χ0n) is 12.0. The largest absolute Gasteiger partial charge is 0.319 e. The first-order chi connectivity index (χ1) is 10.7. The summed E-state index contributed by atoms with van der Waals surface area (Å²) in [7, 11) is 0. The van der Waals surface area contributed by atoms with Crippen LogP contribution in [0, 0.1) is 0 Å². The Hall–Kier alpha value is -2.94. The molecule has 3 heteroatoms. The molecule has 1 aliphatic carbocycles. The molecule has 0 spiro atoms. The van der Waals surface area contributed by atoms with Crippen LogP contribution >= 0.6 is 0 Å². The third-order valence-electron chi connectivity index (χ3n) is 3.51. The van der Waals surface area contributed by atoms with Crippen LogP contribution < -0.4 is 5.32 Å². The number of carbonyl (C=O) groups is 2. The van der Waals surface area contributed by atoms with Gasteiger partial charge in [0.2, 0.25) is 0 Å². The molecule has 1 aliphatic rings. The van der Waals surface area contributed by atoms with Gasteiger partial charge in [0.1, 0.15) is 0 Å². The lowest BCUT2D eigenvalue weighted by molar-refractivity contribution is -0.115. The van der Waals surface area contributed by atoms with Crippen molar-refractivity contribution in [1.29, 1.82) is 0 Å². The maximum atomic E-state index is 12.2. The van der Waals surface area contributed by atoms with E-state index in [1.807, 2.05) is 42.5 Å². The van der Waals surface area contributed by atoms with E-state index in [1.165, 1.54) is 0 Å². The van der Waals surface area contributed by atoms with Crippen molar-refractivity contribution in [2.75, 3.05) is 0 Å². The summed E-state index contributed by atoms with van der Waals surface area (Å²) in [6, 6.07) is 17.3. The highest BCUT2D eigenvalue weighted by molar-refractivity contribution is 6.04. The Balaban J connectivity index is 1.75. The van der Waals surface area contributed by atoms with E-state index in [1.54, 1.807) is 30.4 Å². The summed E-state index contributed by atoms with van der Waals surface area (Å²) in [6.07, 6.45) is 5.50. The number of hydrogen-bond acceptors (Lipinski definition) is 2. The summed E-state index contributed by atoms with van der Waals surface area (Å²) < 4.78 is 0. The monoisotopic (exact) mass is 289 g/mol. The van der Waals surface area contributed by atoms with Gasteiger partial charge in [0.25, 0.3) is 5.91 Å². The molecule has 0 aromatic heterocycles. The van der Waals surface area contributed by atoms with Gasteiger partial charge in [-0.15, -0.1) is 0 Å². The van der Waals surface area contributed by atoms with E-state index in [0.717, 1.165) is 11.1 Å². The van der Waals surface area contributed by atoms with Gasteiger partial charge in [-0.25, -0.2) is 0 Å². The lowest BCUT2D eigenvalue weighted by Crippen LogP contribution is -2.27. The van der Waals surface area contributed by atoms with Gasteiger partial charge in [-0.2, -0.15) is 0 Å². The van der Waals surface area contributed by atoms with Crippen LogP contribution in [-0.2, 0) is 4.79 Å². The van der Waals surface area contributed by atoms with E-state index in [-0.39, 0.29) is 11.7 Å². The Labute approximate surface area is 129 Å². The lowest BCUT2D eigenvalue weighted by atomic mass is 10.0. The minimum Gasteiger partial charge on any atom is -0.319 e. The highest BCUT2D eigenvalue weighted by Gasteiger charge is 2.14. The average molecular weight is 289 g/mol. The number of amides is 1. The highest BCUT2D eigenvalue weighted by Crippen LogP contribution is 2.19. The van der Waals surface area contributed by atoms with Crippen molar-refractivity contribution < 1.29 is 9.59 Å². The van der Waals surface area contributed by atoms with Gasteiger partial charge in [-0.3, -0.25) is 9.59 Å². The van der Waals surface area contributed by atoms with Crippen LogP contribution in [-0.4, -0.2) is 11.7 Å². The van der Waals surface area contributed by atoms with E-state index in [4.69, 9.17) is 0 Å². The summed E-state index contributed by atoms with van der Waals surface area (Å²) >= 11 is 0. The molecule has 1 amide bonds. The maximum absolute atomic E-state index is 12.2. The van der Waals surface area contributed by atoms with Gasteiger partial charge in [0.05, 0.1) is 5.70 Å². The van der Waals surface area contributed by atoms with Crippen LogP contribution in [0.4, 0.5) is 0 Å². The topological polar surface area (TPSA) is 46.2 Å². The maximum Gasteiger partial charge on any atom is 0.255 e. The number of hydrogen-bond donors (Lipinski definition) is 1. The summed E-state index contributed by atoms with van der Waals surface area (Å²) in [4.78, 5) is 23.8. The van der Waals surface area contributed by atoms with E-state index < -0.39 is 0 Å². The van der Waals surface area contributed by atoms with Crippen LogP contribution in [0.5, 0.6) is 0 Å². The number of allylic oxidation sites excluding steroid dienone is 4. The molecule has 0 saturated heterocycles. The summed E-state index contributed by atoms with van der Waals surface area (Å²) in [5.41, 5.74) is 3.03. The van der Waals surface area contributed by atoms with Crippen molar-refractivity contribution in [2.24, 2.45) is 0 Å².